The Labute approximate surface area is 269 Å². The number of rotatable bonds is 5. The van der Waals surface area contributed by atoms with E-state index in [9.17, 15) is 9.59 Å². The second-order valence-electron chi connectivity index (χ2n) is 10.3. The molecule has 0 saturated heterocycles. The van der Waals surface area contributed by atoms with Gasteiger partial charge in [-0.3, -0.25) is 14.3 Å². The van der Waals surface area contributed by atoms with E-state index in [0.29, 0.717) is 57.3 Å². The molecule has 1 unspecified atom stereocenters. The summed E-state index contributed by atoms with van der Waals surface area (Å²) < 4.78 is 7.94. The first-order valence-corrected chi connectivity index (χ1v) is 15.6. The van der Waals surface area contributed by atoms with Crippen LogP contribution in [0, 0.1) is 0 Å². The molecule has 2 aromatic heterocycles. The molecular formula is C28H28Cl2IN8O2P. The molecule has 2 N–H and O–H groups in total. The van der Waals surface area contributed by atoms with Gasteiger partial charge in [0.05, 0.1) is 39.4 Å². The number of amides is 2. The van der Waals surface area contributed by atoms with Crippen molar-refractivity contribution in [3.63, 3.8) is 0 Å². The highest BCUT2D eigenvalue weighted by Crippen LogP contribution is 2.40. The summed E-state index contributed by atoms with van der Waals surface area (Å²) in [5.41, 5.74) is 6.02. The van der Waals surface area contributed by atoms with E-state index in [0.717, 1.165) is 48.7 Å². The average molecular weight is 737 g/mol. The number of carbonyl (C=O) groups is 2. The highest BCUT2D eigenvalue weighted by molar-refractivity contribution is 14.1. The lowest BCUT2D eigenvalue weighted by Gasteiger charge is -2.21. The third-order valence-corrected chi connectivity index (χ3v) is 9.76. The molecule has 4 aromatic rings. The van der Waals surface area contributed by atoms with Crippen LogP contribution in [0.1, 0.15) is 44.0 Å². The number of aromatic nitrogens is 4. The summed E-state index contributed by atoms with van der Waals surface area (Å²) in [6, 6.07) is 10.7. The molecule has 0 saturated carbocycles. The first kappa shape index (κ1) is 29.5. The Morgan fingerprint density at radius 1 is 0.810 bits per heavy atom. The van der Waals surface area contributed by atoms with Gasteiger partial charge in [0.1, 0.15) is 0 Å². The van der Waals surface area contributed by atoms with Gasteiger partial charge in [0, 0.05) is 92.0 Å². The molecule has 2 amide bonds. The normalized spacial score (nSPS) is 15.3. The maximum Gasteiger partial charge on any atom is 0.291 e. The van der Waals surface area contributed by atoms with Crippen LogP contribution in [0.3, 0.4) is 0 Å². The number of nitrogens with one attached hydrogen (secondary N) is 2. The molecule has 2 aliphatic heterocycles. The van der Waals surface area contributed by atoms with E-state index < -0.39 is 0 Å². The van der Waals surface area contributed by atoms with Gasteiger partial charge in [-0.2, -0.15) is 0 Å². The van der Waals surface area contributed by atoms with E-state index in [1.165, 1.54) is 0 Å². The summed E-state index contributed by atoms with van der Waals surface area (Å²) in [4.78, 5) is 35.8. The highest BCUT2D eigenvalue weighted by atomic mass is 127. The van der Waals surface area contributed by atoms with Crippen molar-refractivity contribution >= 4 is 78.6 Å². The second-order valence-corrected chi connectivity index (χ2v) is 13.2. The zero-order chi connectivity index (χ0) is 29.7. The highest BCUT2D eigenvalue weighted by Gasteiger charge is 2.27. The Morgan fingerprint density at radius 2 is 1.29 bits per heavy atom. The van der Waals surface area contributed by atoms with Gasteiger partial charge in [-0.25, -0.2) is 13.1 Å². The van der Waals surface area contributed by atoms with Gasteiger partial charge in [0.25, 0.3) is 11.8 Å². The molecule has 0 aliphatic carbocycles. The van der Waals surface area contributed by atoms with Crippen LogP contribution in [0.2, 0.25) is 10.0 Å². The largest absolute Gasteiger partial charge is 0.327 e. The second kappa shape index (κ2) is 11.9. The van der Waals surface area contributed by atoms with Crippen molar-refractivity contribution in [1.82, 2.24) is 26.9 Å². The minimum absolute atomic E-state index is 0.325. The Morgan fingerprint density at radius 3 is 1.81 bits per heavy atom. The lowest BCUT2D eigenvalue weighted by molar-refractivity contribution is 0.100. The summed E-state index contributed by atoms with van der Waals surface area (Å²) in [7, 11) is 6.41. The zero-order valence-electron chi connectivity index (χ0n) is 22.9. The Hall–Kier alpha value is -2.54. The van der Waals surface area contributed by atoms with Crippen molar-refractivity contribution in [1.29, 1.82) is 0 Å². The summed E-state index contributed by atoms with van der Waals surface area (Å²) in [6.07, 6.45) is 1.65. The number of hydrogen-bond acceptors (Lipinski definition) is 6. The standard InChI is InChI=1S/C28H28Cl2IN8O2P/c1-36-21-9-11-38(31)13-19(21)32-25(36)27(40)34-17-7-3-5-15(23(17)29)16-6-4-8-18(24(16)30)35-28(41)26-33-20-14-39(42)12-10-22(20)37(26)2/h3-8H,9-14,42H2,1-2H3,(H,34,40)(H,35,41). The summed E-state index contributed by atoms with van der Waals surface area (Å²) >= 11 is 15.9. The van der Waals surface area contributed by atoms with Crippen LogP contribution < -0.4 is 10.6 Å². The van der Waals surface area contributed by atoms with Crippen LogP contribution in [-0.2, 0) is 40.0 Å². The van der Waals surface area contributed by atoms with Crippen LogP contribution in [0.25, 0.3) is 11.1 Å². The predicted octanol–water partition coefficient (Wildman–Crippen LogP) is 5.49. The maximum atomic E-state index is 13.3. The smallest absolute Gasteiger partial charge is 0.291 e. The van der Waals surface area contributed by atoms with E-state index in [-0.39, 0.29) is 11.8 Å². The van der Waals surface area contributed by atoms with Crippen LogP contribution in [0.4, 0.5) is 11.4 Å². The van der Waals surface area contributed by atoms with Crippen molar-refractivity contribution in [3.05, 3.63) is 80.9 Å². The van der Waals surface area contributed by atoms with E-state index in [4.69, 9.17) is 23.2 Å². The van der Waals surface area contributed by atoms with Gasteiger partial charge in [-0.15, -0.1) is 0 Å². The van der Waals surface area contributed by atoms with Crippen LogP contribution in [0.5, 0.6) is 0 Å². The molecule has 42 heavy (non-hydrogen) atoms. The zero-order valence-corrected chi connectivity index (χ0v) is 27.7. The fraction of sp³-hybridized carbons (Fsp3) is 0.286. The lowest BCUT2D eigenvalue weighted by atomic mass is 10.0. The molecule has 218 valence electrons. The molecule has 0 fully saturated rings. The third-order valence-electron chi connectivity index (χ3n) is 7.68. The van der Waals surface area contributed by atoms with Crippen LogP contribution >= 0.6 is 55.5 Å². The molecule has 0 radical (unpaired) electrons. The number of benzene rings is 2. The number of carbonyl (C=O) groups excluding carboxylic acids is 2. The van der Waals surface area contributed by atoms with Gasteiger partial charge in [0.2, 0.25) is 0 Å². The molecule has 4 heterocycles. The molecule has 2 aliphatic rings. The first-order chi connectivity index (χ1) is 20.1. The maximum absolute atomic E-state index is 13.3. The van der Waals surface area contributed by atoms with Gasteiger partial charge >= 0.3 is 0 Å². The van der Waals surface area contributed by atoms with Gasteiger partial charge in [-0.1, -0.05) is 56.9 Å². The van der Waals surface area contributed by atoms with Crippen molar-refractivity contribution < 1.29 is 9.59 Å². The van der Waals surface area contributed by atoms with Crippen LogP contribution in [-0.4, -0.2) is 51.8 Å². The summed E-state index contributed by atoms with van der Waals surface area (Å²) in [5.74, 6) is -0.0404. The van der Waals surface area contributed by atoms with Crippen molar-refractivity contribution in [3.8, 4) is 11.1 Å². The average Bonchev–Trinajstić information content (AvgIpc) is 3.46. The first-order valence-electron chi connectivity index (χ1n) is 13.3. The number of imidazole rings is 2. The SMILES string of the molecule is Cn1c(C(=O)Nc2cccc(-c3cccc(NC(=O)c4nc5c(n4C)CCN(I)C5)c3Cl)c2Cl)nc2c1CCN(P)C2. The lowest BCUT2D eigenvalue weighted by Crippen LogP contribution is -2.23. The minimum Gasteiger partial charge on any atom is -0.327 e. The number of halogens is 3. The summed E-state index contributed by atoms with van der Waals surface area (Å²) in [6.45, 7) is 3.15. The summed E-state index contributed by atoms with van der Waals surface area (Å²) in [5, 5.41) is 6.49. The van der Waals surface area contributed by atoms with Gasteiger partial charge < -0.3 is 19.8 Å². The van der Waals surface area contributed by atoms with E-state index in [1.807, 2.05) is 35.4 Å². The van der Waals surface area contributed by atoms with Crippen LogP contribution in [0.15, 0.2) is 36.4 Å². The van der Waals surface area contributed by atoms with E-state index in [1.54, 1.807) is 24.3 Å². The fourth-order valence-electron chi connectivity index (χ4n) is 5.48. The molecule has 0 bridgehead atoms. The van der Waals surface area contributed by atoms with E-state index >= 15 is 0 Å². The molecule has 0 spiro atoms. The number of hydrogen-bond donors (Lipinski definition) is 2. The minimum atomic E-state index is -0.350. The fourth-order valence-corrected chi connectivity index (χ4v) is 6.90. The van der Waals surface area contributed by atoms with Crippen molar-refractivity contribution in [2.45, 2.75) is 25.9 Å². The number of nitrogens with zero attached hydrogens (tertiary/aromatic N) is 6. The molecule has 6 rings (SSSR count). The molecule has 14 heteroatoms. The topological polar surface area (TPSA) is 100 Å². The Kier molecular flexibility index (Phi) is 8.34. The predicted molar refractivity (Wildman–Crippen MR) is 176 cm³/mol. The van der Waals surface area contributed by atoms with Gasteiger partial charge in [0.15, 0.2) is 11.6 Å². The number of fused-ring (bicyclic) bond motifs is 2. The molecule has 1 atom stereocenters. The Balaban J connectivity index is 1.25. The monoisotopic (exact) mass is 736 g/mol. The van der Waals surface area contributed by atoms with Crippen molar-refractivity contribution in [2.24, 2.45) is 14.1 Å². The molecule has 10 nitrogen and oxygen atoms in total. The van der Waals surface area contributed by atoms with Gasteiger partial charge in [-0.05, 0) is 12.1 Å². The molecule has 2 aromatic carbocycles. The third kappa shape index (κ3) is 5.46. The molecular weight excluding hydrogens is 709 g/mol. The van der Waals surface area contributed by atoms with E-state index in [2.05, 4.69) is 60.6 Å². The van der Waals surface area contributed by atoms with Crippen molar-refractivity contribution in [2.75, 3.05) is 23.7 Å². The Bertz CT molecular complexity index is 1610. The number of anilines is 2. The quantitative estimate of drug-likeness (QED) is 0.160.